The second-order valence-electron chi connectivity index (χ2n) is 11.1. The molecule has 1 aliphatic rings. The quantitative estimate of drug-likeness (QED) is 0.0919. The fourth-order valence-corrected chi connectivity index (χ4v) is 6.78. The number of hydrogen-bond donors (Lipinski definition) is 2. The lowest BCUT2D eigenvalue weighted by Gasteiger charge is -2.40. The van der Waals surface area contributed by atoms with E-state index in [0.29, 0.717) is 11.6 Å². The minimum absolute atomic E-state index is 0.0528. The lowest BCUT2D eigenvalue weighted by molar-refractivity contribution is -0.146. The molecule has 51 heavy (non-hydrogen) atoms. The molecular weight excluding hydrogens is 716 g/mol. The van der Waals surface area contributed by atoms with Crippen LogP contribution >= 0.6 is 19.6 Å². The molecular formula is C33H30F3N4O9PS. The molecule has 2 aromatic carbocycles. The zero-order chi connectivity index (χ0) is 36.6. The van der Waals surface area contributed by atoms with Gasteiger partial charge in [-0.05, 0) is 37.3 Å². The summed E-state index contributed by atoms with van der Waals surface area (Å²) in [4.78, 5) is 36.0. The Bertz CT molecular complexity index is 1970. The van der Waals surface area contributed by atoms with Crippen molar-refractivity contribution in [2.75, 3.05) is 13.2 Å². The summed E-state index contributed by atoms with van der Waals surface area (Å²) < 4.78 is 84.0. The molecule has 268 valence electrons. The van der Waals surface area contributed by atoms with E-state index in [1.54, 1.807) is 25.2 Å². The summed E-state index contributed by atoms with van der Waals surface area (Å²) in [5.74, 6) is -3.47. The van der Waals surface area contributed by atoms with E-state index in [4.69, 9.17) is 33.7 Å². The summed E-state index contributed by atoms with van der Waals surface area (Å²) in [5, 5.41) is 11.8. The SMILES string of the molecule is C[C@@H](S[C@H]1CO[C@H](C=CC=Cc2ccc(C#N)cc2F)OC1)[C@@](Cn1cncn1)(OC(=O)c1cocc1COP(=O)(O)O)c1ccc(F)cc1F. The fourth-order valence-electron chi connectivity index (χ4n) is 5.11. The Morgan fingerprint density at radius 2 is 1.96 bits per heavy atom. The number of rotatable bonds is 14. The highest BCUT2D eigenvalue weighted by Gasteiger charge is 2.47. The molecule has 0 amide bonds. The number of nitriles is 1. The van der Waals surface area contributed by atoms with E-state index in [1.807, 2.05) is 6.07 Å². The Morgan fingerprint density at radius 3 is 2.63 bits per heavy atom. The van der Waals surface area contributed by atoms with E-state index in [2.05, 4.69) is 14.6 Å². The third kappa shape index (κ3) is 9.83. The number of thioether (sulfide) groups is 1. The first-order chi connectivity index (χ1) is 24.4. The first kappa shape index (κ1) is 37.7. The highest BCUT2D eigenvalue weighted by atomic mass is 32.2. The van der Waals surface area contributed by atoms with Gasteiger partial charge < -0.3 is 28.4 Å². The third-order valence-corrected chi connectivity index (χ3v) is 9.52. The molecule has 0 aliphatic carbocycles. The standard InChI is InChI=1S/C33H30F3N4O9PS/c1-21(51-26-15-46-31(47-16-26)5-3-2-4-23-7-6-22(12-37)10-29(23)35)33(18-40-20-38-19-39-40,28-9-8-25(34)11-30(28)36)49-32(41)27-17-45-13-24(27)14-48-50(42,43)44/h2-11,13,17,19-21,26,31H,14-16,18H2,1H3,(H2,42,43,44)/t21-,26-,31-,33-/m1/s1. The molecule has 2 N–H and O–H groups in total. The molecule has 2 atom stereocenters. The molecule has 5 rings (SSSR count). The number of nitrogens with zero attached hydrogens (tertiary/aromatic N) is 4. The first-order valence-corrected chi connectivity index (χ1v) is 17.5. The summed E-state index contributed by atoms with van der Waals surface area (Å²) in [7, 11) is -4.92. The number of benzene rings is 2. The number of ether oxygens (including phenoxy) is 3. The normalized spacial score (nSPS) is 18.5. The van der Waals surface area contributed by atoms with Crippen molar-refractivity contribution < 1.29 is 55.5 Å². The molecule has 4 aromatic rings. The van der Waals surface area contributed by atoms with Gasteiger partial charge in [-0.15, -0.1) is 11.8 Å². The lowest BCUT2D eigenvalue weighted by Crippen LogP contribution is -2.47. The number of aromatic nitrogens is 3. The van der Waals surface area contributed by atoms with Gasteiger partial charge in [0.05, 0.1) is 49.5 Å². The van der Waals surface area contributed by atoms with Crippen molar-refractivity contribution in [3.8, 4) is 6.07 Å². The van der Waals surface area contributed by atoms with Crippen LogP contribution in [0.3, 0.4) is 0 Å². The molecule has 3 heterocycles. The minimum Gasteiger partial charge on any atom is -0.471 e. The molecule has 13 nitrogen and oxygen atoms in total. The van der Waals surface area contributed by atoms with E-state index in [-0.39, 0.29) is 47.3 Å². The molecule has 1 aliphatic heterocycles. The van der Waals surface area contributed by atoms with E-state index >= 15 is 4.39 Å². The largest absolute Gasteiger partial charge is 0.471 e. The maximum Gasteiger partial charge on any atom is 0.469 e. The van der Waals surface area contributed by atoms with Crippen molar-refractivity contribution in [2.45, 2.75) is 42.5 Å². The molecule has 0 saturated carbocycles. The van der Waals surface area contributed by atoms with Crippen LogP contribution in [0.15, 0.2) is 84.2 Å². The molecule has 0 spiro atoms. The second kappa shape index (κ2) is 16.7. The molecule has 0 radical (unpaired) electrons. The van der Waals surface area contributed by atoms with Crippen LogP contribution in [0, 0.1) is 28.8 Å². The van der Waals surface area contributed by atoms with Gasteiger partial charge in [0.25, 0.3) is 0 Å². The van der Waals surface area contributed by atoms with Crippen molar-refractivity contribution in [2.24, 2.45) is 0 Å². The van der Waals surface area contributed by atoms with E-state index in [1.165, 1.54) is 47.3 Å². The van der Waals surface area contributed by atoms with Gasteiger partial charge in [-0.25, -0.2) is 32.2 Å². The molecule has 1 fully saturated rings. The zero-order valence-corrected chi connectivity index (χ0v) is 28.4. The molecule has 2 aromatic heterocycles. The summed E-state index contributed by atoms with van der Waals surface area (Å²) in [6.45, 7) is 0.994. The van der Waals surface area contributed by atoms with Crippen LogP contribution in [-0.4, -0.2) is 60.5 Å². The molecule has 0 unspecified atom stereocenters. The van der Waals surface area contributed by atoms with Crippen LogP contribution < -0.4 is 0 Å². The third-order valence-electron chi connectivity index (χ3n) is 7.61. The van der Waals surface area contributed by atoms with Gasteiger partial charge in [-0.1, -0.05) is 24.3 Å². The van der Waals surface area contributed by atoms with Crippen molar-refractivity contribution in [1.29, 1.82) is 5.26 Å². The number of esters is 1. The predicted octanol–water partition coefficient (Wildman–Crippen LogP) is 5.65. The fraction of sp³-hybridized carbons (Fsp3) is 0.273. The van der Waals surface area contributed by atoms with E-state index in [9.17, 15) is 18.1 Å². The summed E-state index contributed by atoms with van der Waals surface area (Å²) >= 11 is 1.24. The predicted molar refractivity (Wildman–Crippen MR) is 175 cm³/mol. The lowest BCUT2D eigenvalue weighted by atomic mass is 9.89. The summed E-state index contributed by atoms with van der Waals surface area (Å²) in [6.07, 6.45) is 10.2. The number of carbonyl (C=O) groups is 1. The highest BCUT2D eigenvalue weighted by Crippen LogP contribution is 2.43. The Hall–Kier alpha value is -4.53. The number of allylic oxidation sites excluding steroid dienone is 2. The molecule has 0 bridgehead atoms. The Morgan fingerprint density at radius 1 is 1.18 bits per heavy atom. The molecule has 18 heteroatoms. The Balaban J connectivity index is 1.35. The van der Waals surface area contributed by atoms with Crippen LogP contribution in [0.25, 0.3) is 6.08 Å². The first-order valence-electron chi connectivity index (χ1n) is 15.1. The van der Waals surface area contributed by atoms with Crippen molar-refractivity contribution in [3.63, 3.8) is 0 Å². The highest BCUT2D eigenvalue weighted by molar-refractivity contribution is 8.00. The number of furan rings is 1. The number of halogens is 3. The monoisotopic (exact) mass is 746 g/mol. The molecule has 1 saturated heterocycles. The topological polar surface area (TPSA) is 179 Å². The number of phosphoric ester groups is 1. The number of phosphoric acid groups is 1. The van der Waals surface area contributed by atoms with Crippen molar-refractivity contribution in [3.05, 3.63) is 125 Å². The van der Waals surface area contributed by atoms with Crippen LogP contribution in [0.4, 0.5) is 13.2 Å². The number of carbonyl (C=O) groups excluding carboxylic acids is 1. The maximum atomic E-state index is 15.7. The second-order valence-corrected chi connectivity index (χ2v) is 14.0. The number of hydrogen-bond acceptors (Lipinski definition) is 11. The van der Waals surface area contributed by atoms with Gasteiger partial charge in [-0.3, -0.25) is 4.52 Å². The van der Waals surface area contributed by atoms with E-state index < -0.39 is 55.0 Å². The smallest absolute Gasteiger partial charge is 0.469 e. The van der Waals surface area contributed by atoms with Crippen LogP contribution in [0.1, 0.15) is 39.5 Å². The van der Waals surface area contributed by atoms with Crippen molar-refractivity contribution in [1.82, 2.24) is 14.8 Å². The van der Waals surface area contributed by atoms with Crippen LogP contribution in [-0.2, 0) is 42.1 Å². The zero-order valence-electron chi connectivity index (χ0n) is 26.7. The average Bonchev–Trinajstić information content (AvgIpc) is 3.79. The van der Waals surface area contributed by atoms with Gasteiger partial charge in [0.2, 0.25) is 0 Å². The Kier molecular flexibility index (Phi) is 12.3. The van der Waals surface area contributed by atoms with Gasteiger partial charge in [0, 0.05) is 28.0 Å². The Labute approximate surface area is 293 Å². The van der Waals surface area contributed by atoms with Crippen LogP contribution in [0.2, 0.25) is 0 Å². The summed E-state index contributed by atoms with van der Waals surface area (Å²) in [6, 6.07) is 8.84. The van der Waals surface area contributed by atoms with Gasteiger partial charge in [0.1, 0.15) is 41.9 Å². The van der Waals surface area contributed by atoms with Gasteiger partial charge in [0.15, 0.2) is 11.9 Å². The van der Waals surface area contributed by atoms with E-state index in [0.717, 1.165) is 30.7 Å². The minimum atomic E-state index is -4.92. The van der Waals surface area contributed by atoms with Gasteiger partial charge in [-0.2, -0.15) is 10.4 Å². The van der Waals surface area contributed by atoms with Crippen molar-refractivity contribution >= 4 is 31.6 Å². The maximum absolute atomic E-state index is 15.7. The van der Waals surface area contributed by atoms with Crippen LogP contribution in [0.5, 0.6) is 0 Å². The summed E-state index contributed by atoms with van der Waals surface area (Å²) in [5.41, 5.74) is -1.88. The van der Waals surface area contributed by atoms with Gasteiger partial charge >= 0.3 is 13.8 Å². The average molecular weight is 747 g/mol.